The number of hydrogen-bond donors (Lipinski definition) is 0. The first-order valence-corrected chi connectivity index (χ1v) is 11.2. The van der Waals surface area contributed by atoms with Crippen LogP contribution in [-0.2, 0) is 0 Å². The van der Waals surface area contributed by atoms with Crippen LogP contribution in [0.4, 0.5) is 16.5 Å². The van der Waals surface area contributed by atoms with E-state index in [1.807, 2.05) is 42.5 Å². The third-order valence-electron chi connectivity index (χ3n) is 4.91. The molecular formula is C24H25N6S+. The topological polar surface area (TPSA) is 56.8 Å². The Morgan fingerprint density at radius 2 is 1.84 bits per heavy atom. The summed E-state index contributed by atoms with van der Waals surface area (Å²) >= 11 is 1.43. The fraction of sp³-hybridized carbons (Fsp3) is 0.208. The molecule has 4 rings (SSSR count). The molecule has 0 bridgehead atoms. The van der Waals surface area contributed by atoms with Crippen LogP contribution in [0.2, 0.25) is 0 Å². The summed E-state index contributed by atoms with van der Waals surface area (Å²) in [4.78, 5) is 2.36. The summed E-state index contributed by atoms with van der Waals surface area (Å²) in [6, 6.07) is 18.1. The van der Waals surface area contributed by atoms with Gasteiger partial charge in [-0.25, -0.2) is 4.58 Å². The van der Waals surface area contributed by atoms with Crippen LogP contribution in [0, 0.1) is 0 Å². The van der Waals surface area contributed by atoms with E-state index in [1.165, 1.54) is 17.0 Å². The molecular weight excluding hydrogens is 404 g/mol. The van der Waals surface area contributed by atoms with Crippen molar-refractivity contribution in [3.8, 4) is 10.6 Å². The summed E-state index contributed by atoms with van der Waals surface area (Å²) in [5.41, 5.74) is 3.02. The Morgan fingerprint density at radius 3 is 2.65 bits per heavy atom. The Kier molecular flexibility index (Phi) is 7.08. The minimum Gasteiger partial charge on any atom is -0.365 e. The summed E-state index contributed by atoms with van der Waals surface area (Å²) in [5.74, 6) is 0. The second-order valence-corrected chi connectivity index (χ2v) is 7.93. The molecule has 1 aliphatic heterocycles. The molecule has 0 saturated carbocycles. The molecule has 0 N–H and O–H groups in total. The van der Waals surface area contributed by atoms with Gasteiger partial charge in [0.2, 0.25) is 0 Å². The molecule has 1 aliphatic rings. The van der Waals surface area contributed by atoms with Gasteiger partial charge in [-0.1, -0.05) is 53.8 Å². The number of rotatable bonds is 8. The van der Waals surface area contributed by atoms with Crippen molar-refractivity contribution in [2.24, 2.45) is 10.2 Å². The molecule has 7 heteroatoms. The van der Waals surface area contributed by atoms with E-state index in [4.69, 9.17) is 0 Å². The molecule has 3 aromatic rings. The summed E-state index contributed by atoms with van der Waals surface area (Å²) in [5, 5.41) is 18.3. The van der Waals surface area contributed by atoms with Gasteiger partial charge in [0.25, 0.3) is 5.13 Å². The number of hydrogen-bond acceptors (Lipinski definition) is 6. The van der Waals surface area contributed by atoms with Gasteiger partial charge in [0, 0.05) is 30.3 Å². The van der Waals surface area contributed by atoms with Crippen molar-refractivity contribution < 1.29 is 4.58 Å². The van der Waals surface area contributed by atoms with E-state index in [2.05, 4.69) is 79.6 Å². The number of azo groups is 1. The van der Waals surface area contributed by atoms with Crippen molar-refractivity contribution in [3.05, 3.63) is 79.0 Å². The van der Waals surface area contributed by atoms with Gasteiger partial charge < -0.3 is 4.90 Å². The maximum Gasteiger partial charge on any atom is 0.252 e. The lowest BCUT2D eigenvalue weighted by Gasteiger charge is -2.21. The molecule has 156 valence electrons. The van der Waals surface area contributed by atoms with E-state index < -0.39 is 0 Å². The van der Waals surface area contributed by atoms with Crippen LogP contribution >= 0.6 is 11.3 Å². The first-order chi connectivity index (χ1) is 15.3. The SMILES string of the molecule is CCN(CC[N+]1=CCC=CC=C1)c1ccc(N=Nc2nnc(-c3ccccc3)s2)cc1. The highest BCUT2D eigenvalue weighted by molar-refractivity contribution is 7.18. The zero-order chi connectivity index (χ0) is 21.3. The van der Waals surface area contributed by atoms with Crippen LogP contribution in [0.5, 0.6) is 0 Å². The van der Waals surface area contributed by atoms with Crippen molar-refractivity contribution >= 4 is 34.1 Å². The molecule has 0 saturated heterocycles. The Bertz CT molecular complexity index is 1100. The summed E-state index contributed by atoms with van der Waals surface area (Å²) in [6.07, 6.45) is 11.6. The summed E-state index contributed by atoms with van der Waals surface area (Å²) in [6.45, 7) is 5.03. The van der Waals surface area contributed by atoms with Gasteiger partial charge in [-0.2, -0.15) is 0 Å². The quantitative estimate of drug-likeness (QED) is 0.326. The van der Waals surface area contributed by atoms with Crippen LogP contribution in [-0.4, -0.2) is 40.6 Å². The maximum atomic E-state index is 4.32. The zero-order valence-corrected chi connectivity index (χ0v) is 18.3. The molecule has 0 fully saturated rings. The molecule has 0 unspecified atom stereocenters. The molecule has 1 aromatic heterocycles. The second kappa shape index (κ2) is 10.5. The monoisotopic (exact) mass is 429 g/mol. The highest BCUT2D eigenvalue weighted by atomic mass is 32.1. The van der Waals surface area contributed by atoms with E-state index in [9.17, 15) is 0 Å². The lowest BCUT2D eigenvalue weighted by Crippen LogP contribution is -2.29. The van der Waals surface area contributed by atoms with Crippen molar-refractivity contribution in [2.45, 2.75) is 13.3 Å². The lowest BCUT2D eigenvalue weighted by molar-refractivity contribution is -0.449. The van der Waals surface area contributed by atoms with Gasteiger partial charge in [0.15, 0.2) is 12.7 Å². The fourth-order valence-corrected chi connectivity index (χ4v) is 3.90. The summed E-state index contributed by atoms with van der Waals surface area (Å²) < 4.78 is 2.25. The number of anilines is 1. The lowest BCUT2D eigenvalue weighted by atomic mass is 10.2. The Labute approximate surface area is 186 Å². The standard InChI is InChI=1S/C24H25N6S/c1-2-30(19-18-29-16-8-3-4-9-17-29)22-14-12-21(13-15-22)25-27-24-28-26-23(31-24)20-10-6-5-7-11-20/h3-8,10-17H,2,9,18-19H2,1H3/q+1. The van der Waals surface area contributed by atoms with Crippen LogP contribution < -0.4 is 4.90 Å². The largest absolute Gasteiger partial charge is 0.365 e. The summed E-state index contributed by atoms with van der Waals surface area (Å²) in [7, 11) is 0. The van der Waals surface area contributed by atoms with Gasteiger partial charge in [-0.05, 0) is 31.2 Å². The number of allylic oxidation sites excluding steroid dienone is 3. The minimum absolute atomic E-state index is 0.550. The average Bonchev–Trinajstić information content (AvgIpc) is 3.15. The molecule has 0 radical (unpaired) electrons. The third kappa shape index (κ3) is 5.79. The van der Waals surface area contributed by atoms with E-state index in [0.717, 1.165) is 42.3 Å². The third-order valence-corrected chi connectivity index (χ3v) is 5.77. The van der Waals surface area contributed by atoms with Gasteiger partial charge >= 0.3 is 0 Å². The Hall–Kier alpha value is -3.45. The van der Waals surface area contributed by atoms with Crippen LogP contribution in [0.1, 0.15) is 13.3 Å². The first-order valence-electron chi connectivity index (χ1n) is 10.4. The normalized spacial score (nSPS) is 13.4. The van der Waals surface area contributed by atoms with Gasteiger partial charge in [0.1, 0.15) is 11.2 Å². The molecule has 0 amide bonds. The fourth-order valence-electron chi connectivity index (χ4n) is 3.23. The van der Waals surface area contributed by atoms with Crippen molar-refractivity contribution in [2.75, 3.05) is 24.5 Å². The smallest absolute Gasteiger partial charge is 0.252 e. The number of likely N-dealkylation sites (N-methyl/N-ethyl adjacent to an activating group) is 1. The second-order valence-electron chi connectivity index (χ2n) is 6.98. The van der Waals surface area contributed by atoms with Gasteiger partial charge in [0.05, 0.1) is 12.2 Å². The van der Waals surface area contributed by atoms with E-state index in [1.54, 1.807) is 0 Å². The Morgan fingerprint density at radius 1 is 1.00 bits per heavy atom. The average molecular weight is 430 g/mol. The van der Waals surface area contributed by atoms with Crippen LogP contribution in [0.25, 0.3) is 10.6 Å². The number of aromatic nitrogens is 2. The van der Waals surface area contributed by atoms with E-state index in [0.29, 0.717) is 5.13 Å². The maximum absolute atomic E-state index is 4.32. The molecule has 0 atom stereocenters. The van der Waals surface area contributed by atoms with Crippen LogP contribution in [0.15, 0.2) is 89.3 Å². The zero-order valence-electron chi connectivity index (χ0n) is 17.5. The Balaban J connectivity index is 1.37. The predicted octanol–water partition coefficient (Wildman–Crippen LogP) is 6.00. The van der Waals surface area contributed by atoms with Crippen molar-refractivity contribution in [1.29, 1.82) is 0 Å². The van der Waals surface area contributed by atoms with Crippen LogP contribution in [0.3, 0.4) is 0 Å². The molecule has 2 aromatic carbocycles. The highest BCUT2D eigenvalue weighted by Crippen LogP contribution is 2.29. The molecule has 0 aliphatic carbocycles. The van der Waals surface area contributed by atoms with Gasteiger partial charge in [-0.3, -0.25) is 0 Å². The highest BCUT2D eigenvalue weighted by Gasteiger charge is 2.09. The van der Waals surface area contributed by atoms with Crippen molar-refractivity contribution in [3.63, 3.8) is 0 Å². The van der Waals surface area contributed by atoms with Gasteiger partial charge in [-0.15, -0.1) is 20.4 Å². The molecule has 6 nitrogen and oxygen atoms in total. The minimum atomic E-state index is 0.550. The van der Waals surface area contributed by atoms with E-state index in [-0.39, 0.29) is 0 Å². The molecule has 31 heavy (non-hydrogen) atoms. The number of nitrogens with zero attached hydrogens (tertiary/aromatic N) is 6. The first kappa shape index (κ1) is 20.8. The molecule has 2 heterocycles. The van der Waals surface area contributed by atoms with E-state index >= 15 is 0 Å². The van der Waals surface area contributed by atoms with Crippen molar-refractivity contribution in [1.82, 2.24) is 10.2 Å². The number of benzene rings is 2. The molecule has 0 spiro atoms. The predicted molar refractivity (Wildman–Crippen MR) is 128 cm³/mol.